The second kappa shape index (κ2) is 9.50. The number of nitrogens with one attached hydrogen (secondary N) is 2. The molecule has 4 rings (SSSR count). The molecule has 0 spiro atoms. The largest absolute Gasteiger partial charge is 0.497 e. The Bertz CT molecular complexity index is 1120. The SMILES string of the molecule is COc1ccc(CCCC2CCc3c(cn(C)c3-c3cc(F)c(F)c(F)c3)S(=N)N2)cc1. The Kier molecular flexibility index (Phi) is 6.71. The van der Waals surface area contributed by atoms with Crippen molar-refractivity contribution in [2.45, 2.75) is 43.0 Å². The van der Waals surface area contributed by atoms with Crippen molar-refractivity contribution in [3.05, 3.63) is 71.2 Å². The zero-order valence-corrected chi connectivity index (χ0v) is 18.9. The van der Waals surface area contributed by atoms with E-state index in [0.29, 0.717) is 17.7 Å². The van der Waals surface area contributed by atoms with Gasteiger partial charge in [0.25, 0.3) is 0 Å². The minimum Gasteiger partial charge on any atom is -0.497 e. The molecule has 2 aromatic carbocycles. The van der Waals surface area contributed by atoms with Crippen molar-refractivity contribution < 1.29 is 17.9 Å². The molecule has 0 fully saturated rings. The molecule has 2 atom stereocenters. The molecular formula is C24H26F3N3OS. The molecule has 1 aliphatic rings. The third kappa shape index (κ3) is 4.61. The lowest BCUT2D eigenvalue weighted by molar-refractivity contribution is 0.414. The molecule has 8 heteroatoms. The minimum absolute atomic E-state index is 0.182. The number of ether oxygens (including phenoxy) is 1. The predicted molar refractivity (Wildman–Crippen MR) is 120 cm³/mol. The normalized spacial score (nSPS) is 18.3. The maximum atomic E-state index is 13.9. The Morgan fingerprint density at radius 1 is 1.16 bits per heavy atom. The number of halogens is 3. The lowest BCUT2D eigenvalue weighted by Gasteiger charge is -2.16. The van der Waals surface area contributed by atoms with Crippen molar-refractivity contribution in [1.82, 2.24) is 9.29 Å². The number of hydrogen-bond acceptors (Lipinski definition) is 2. The number of nitrogens with zero attached hydrogens (tertiary/aromatic N) is 1. The standard InChI is InChI=1S/C24H26F3N3OS/c1-30-14-22-19(24(30)16-12-20(25)23(27)21(26)13-16)11-8-17(29-32(22)28)5-3-4-15-6-9-18(31-2)10-7-15/h6-7,9-10,12-14,17H,3-5,8,11H2,1-2H3,(H2,28,29). The van der Waals surface area contributed by atoms with Crippen molar-refractivity contribution in [2.24, 2.45) is 7.05 Å². The maximum absolute atomic E-state index is 13.9. The van der Waals surface area contributed by atoms with Gasteiger partial charge in [-0.25, -0.2) is 17.9 Å². The van der Waals surface area contributed by atoms with Gasteiger partial charge in [-0.15, -0.1) is 0 Å². The Morgan fingerprint density at radius 2 is 1.84 bits per heavy atom. The van der Waals surface area contributed by atoms with Crippen LogP contribution in [0, 0.1) is 22.2 Å². The van der Waals surface area contributed by atoms with Crippen LogP contribution in [0.4, 0.5) is 13.2 Å². The third-order valence-electron chi connectivity index (χ3n) is 5.93. The summed E-state index contributed by atoms with van der Waals surface area (Å²) in [5.74, 6) is -3.04. The van der Waals surface area contributed by atoms with Gasteiger partial charge in [0.15, 0.2) is 17.5 Å². The molecule has 2 N–H and O–H groups in total. The van der Waals surface area contributed by atoms with Gasteiger partial charge in [0.1, 0.15) is 5.75 Å². The molecule has 0 aliphatic carbocycles. The average Bonchev–Trinajstić information content (AvgIpc) is 3.04. The van der Waals surface area contributed by atoms with Gasteiger partial charge in [0.05, 0.1) is 17.7 Å². The van der Waals surface area contributed by atoms with Gasteiger partial charge < -0.3 is 9.30 Å². The van der Waals surface area contributed by atoms with E-state index in [2.05, 4.69) is 16.9 Å². The van der Waals surface area contributed by atoms with Gasteiger partial charge in [-0.2, -0.15) is 0 Å². The highest BCUT2D eigenvalue weighted by atomic mass is 32.2. The van der Waals surface area contributed by atoms with E-state index in [0.717, 1.165) is 54.0 Å². The molecule has 2 unspecified atom stereocenters. The number of rotatable bonds is 6. The van der Waals surface area contributed by atoms with Crippen LogP contribution in [0.2, 0.25) is 0 Å². The lowest BCUT2D eigenvalue weighted by atomic mass is 9.98. The van der Waals surface area contributed by atoms with Gasteiger partial charge in [-0.05, 0) is 78.4 Å². The van der Waals surface area contributed by atoms with Crippen LogP contribution in [-0.2, 0) is 30.8 Å². The highest BCUT2D eigenvalue weighted by Gasteiger charge is 2.25. The molecule has 0 radical (unpaired) electrons. The zero-order chi connectivity index (χ0) is 22.8. The summed E-state index contributed by atoms with van der Waals surface area (Å²) in [6, 6.07) is 10.3. The van der Waals surface area contributed by atoms with Gasteiger partial charge >= 0.3 is 0 Å². The van der Waals surface area contributed by atoms with Crippen molar-refractivity contribution in [1.29, 1.82) is 4.78 Å². The molecule has 0 saturated carbocycles. The topological polar surface area (TPSA) is 50.0 Å². The number of hydrogen-bond donors (Lipinski definition) is 2. The number of aromatic nitrogens is 1. The molecule has 3 aromatic rings. The van der Waals surface area contributed by atoms with E-state index >= 15 is 0 Å². The lowest BCUT2D eigenvalue weighted by Crippen LogP contribution is -2.29. The van der Waals surface area contributed by atoms with Crippen LogP contribution in [0.3, 0.4) is 0 Å². The second-order valence-corrected chi connectivity index (χ2v) is 9.37. The van der Waals surface area contributed by atoms with E-state index in [1.54, 1.807) is 18.7 Å². The fraction of sp³-hybridized carbons (Fsp3) is 0.333. The van der Waals surface area contributed by atoms with Crippen molar-refractivity contribution >= 4 is 10.9 Å². The number of methoxy groups -OCH3 is 1. The van der Waals surface area contributed by atoms with Crippen molar-refractivity contribution in [3.63, 3.8) is 0 Å². The van der Waals surface area contributed by atoms with Crippen LogP contribution >= 0.6 is 0 Å². The molecular weight excluding hydrogens is 435 g/mol. The smallest absolute Gasteiger partial charge is 0.194 e. The average molecular weight is 462 g/mol. The van der Waals surface area contributed by atoms with Crippen LogP contribution in [0.1, 0.15) is 30.4 Å². The first-order valence-corrected chi connectivity index (χ1v) is 11.8. The van der Waals surface area contributed by atoms with Crippen LogP contribution in [0.5, 0.6) is 5.75 Å². The Balaban J connectivity index is 1.47. The number of fused-ring (bicyclic) bond motifs is 1. The van der Waals surface area contributed by atoms with Gasteiger partial charge in [-0.1, -0.05) is 12.1 Å². The summed E-state index contributed by atoms with van der Waals surface area (Å²) in [5, 5.41) is 0. The van der Waals surface area contributed by atoms with E-state index in [1.807, 2.05) is 18.3 Å². The van der Waals surface area contributed by atoms with E-state index in [9.17, 15) is 13.2 Å². The molecule has 0 saturated heterocycles. The fourth-order valence-electron chi connectivity index (χ4n) is 4.29. The van der Waals surface area contributed by atoms with Gasteiger partial charge in [-0.3, -0.25) is 4.78 Å². The number of benzene rings is 2. The quantitative estimate of drug-likeness (QED) is 0.463. The summed E-state index contributed by atoms with van der Waals surface area (Å²) in [7, 11) is 2.49. The van der Waals surface area contributed by atoms with Crippen molar-refractivity contribution in [2.75, 3.05) is 7.11 Å². The van der Waals surface area contributed by atoms with E-state index in [1.165, 1.54) is 5.56 Å². The van der Waals surface area contributed by atoms with E-state index in [-0.39, 0.29) is 6.04 Å². The minimum atomic E-state index is -1.46. The number of aryl methyl sites for hydroxylation is 2. The Hall–Kier alpha value is -2.58. The molecule has 4 nitrogen and oxygen atoms in total. The Labute approximate surface area is 188 Å². The molecule has 1 aliphatic heterocycles. The van der Waals surface area contributed by atoms with Gasteiger partial charge in [0.2, 0.25) is 0 Å². The summed E-state index contributed by atoms with van der Waals surface area (Å²) >= 11 is 0. The first-order chi connectivity index (χ1) is 15.4. The molecule has 2 heterocycles. The summed E-state index contributed by atoms with van der Waals surface area (Å²) < 4.78 is 60.2. The van der Waals surface area contributed by atoms with Crippen LogP contribution in [-0.4, -0.2) is 17.7 Å². The monoisotopic (exact) mass is 461 g/mol. The molecule has 1 aromatic heterocycles. The molecule has 32 heavy (non-hydrogen) atoms. The molecule has 170 valence electrons. The Morgan fingerprint density at radius 3 is 2.50 bits per heavy atom. The third-order valence-corrected chi connectivity index (χ3v) is 7.29. The van der Waals surface area contributed by atoms with Crippen LogP contribution in [0.25, 0.3) is 11.3 Å². The predicted octanol–water partition coefficient (Wildman–Crippen LogP) is 5.70. The van der Waals surface area contributed by atoms with E-state index < -0.39 is 28.3 Å². The molecule has 0 bridgehead atoms. The van der Waals surface area contributed by atoms with Crippen LogP contribution < -0.4 is 9.46 Å². The zero-order valence-electron chi connectivity index (χ0n) is 18.1. The molecule has 0 amide bonds. The highest BCUT2D eigenvalue weighted by molar-refractivity contribution is 7.84. The maximum Gasteiger partial charge on any atom is 0.194 e. The highest BCUT2D eigenvalue weighted by Crippen LogP contribution is 2.34. The van der Waals surface area contributed by atoms with Gasteiger partial charge in [0, 0.05) is 24.8 Å². The summed E-state index contributed by atoms with van der Waals surface area (Å²) in [5.41, 5.74) is 3.08. The second-order valence-electron chi connectivity index (χ2n) is 8.09. The van der Waals surface area contributed by atoms with Crippen molar-refractivity contribution in [3.8, 4) is 17.0 Å². The summed E-state index contributed by atoms with van der Waals surface area (Å²) in [6.45, 7) is 0. The first-order valence-electron chi connectivity index (χ1n) is 10.5. The summed E-state index contributed by atoms with van der Waals surface area (Å²) in [4.78, 5) is 0.824. The summed E-state index contributed by atoms with van der Waals surface area (Å²) in [6.07, 6.45) is 6.21. The fourth-order valence-corrected chi connectivity index (χ4v) is 5.70. The van der Waals surface area contributed by atoms with Crippen LogP contribution in [0.15, 0.2) is 47.5 Å². The first kappa shape index (κ1) is 22.6. The van der Waals surface area contributed by atoms with E-state index in [4.69, 9.17) is 9.52 Å².